The van der Waals surface area contributed by atoms with Crippen molar-refractivity contribution in [1.82, 2.24) is 29.7 Å². The molecule has 14 rings (SSSR count). The fraction of sp³-hybridized carbons (Fsp3) is 0.337. The average molecular weight is 1570 g/mol. The summed E-state index contributed by atoms with van der Waals surface area (Å²) < 4.78 is 71.1. The summed E-state index contributed by atoms with van der Waals surface area (Å²) >= 11 is 18.9. The summed E-state index contributed by atoms with van der Waals surface area (Å²) in [7, 11) is 6.52. The molecule has 111 heavy (non-hydrogen) atoms. The van der Waals surface area contributed by atoms with E-state index in [2.05, 4.69) is 15.0 Å². The maximum atomic E-state index is 13.5. The maximum Gasteiger partial charge on any atom is 0.416 e. The number of methoxy groups -OCH3 is 4. The van der Waals surface area contributed by atoms with Crippen molar-refractivity contribution >= 4 is 85.8 Å². The molecule has 22 nitrogen and oxygen atoms in total. The highest BCUT2D eigenvalue weighted by molar-refractivity contribution is 6.32. The number of amides is 3. The fourth-order valence-corrected chi connectivity index (χ4v) is 14.4. The second-order valence-electron chi connectivity index (χ2n) is 26.9. The third kappa shape index (κ3) is 20.6. The zero-order valence-corrected chi connectivity index (χ0v) is 65.6. The Labute approximate surface area is 660 Å². The van der Waals surface area contributed by atoms with E-state index in [1.165, 1.54) is 11.1 Å². The number of aromatic nitrogens is 3. The quantitative estimate of drug-likeness (QED) is 0.0387. The zero-order valence-electron chi connectivity index (χ0n) is 63.3. The standard InChI is InChI=1S/C30H31ClN2O6.C30H31ClN2O5.C26H31ClN2O5/c1-35-15-16-37-17-18-38-23-6-3-20(4-7-23)29-28-25(26-19-21(31)5-12-27(26)32-28)13-14-33(29)30(34)39-24-10-8-22(36-2)9-11-24;1-20-3-8-24(9-4-20)38-30(34)33-14-13-25-26-19-22(31)7-12-27(26)32-28(25)29(33)21-5-10-23(11-6-21)37-18-17-36-16-15-35-2;1-17(2)34-26(30)29-11-10-21-22-16-19(27)6-9-23(22)28-24(21)25(29)18-4-7-20(8-5-18)33-15-14-32-13-12-31-3/h3-12,19,29,32H,13-18H2,1-2H3;3-12,19,29,32H,13-18H2,1-2H3;4-9,16-17,25,28H,10-15H2,1-3H3. The molecule has 3 unspecified atom stereocenters. The molecule has 3 aliphatic heterocycles. The van der Waals surface area contributed by atoms with Crippen LogP contribution in [0.2, 0.25) is 15.1 Å². The van der Waals surface area contributed by atoms with Gasteiger partial charge < -0.3 is 76.5 Å². The largest absolute Gasteiger partial charge is 0.497 e. The number of carbonyl (C=O) groups is 3. The Morgan fingerprint density at radius 1 is 0.378 bits per heavy atom. The first-order valence-electron chi connectivity index (χ1n) is 37.0. The van der Waals surface area contributed by atoms with Gasteiger partial charge in [-0.25, -0.2) is 14.4 Å². The van der Waals surface area contributed by atoms with Gasteiger partial charge in [0.1, 0.15) is 72.4 Å². The van der Waals surface area contributed by atoms with Crippen LogP contribution in [0.5, 0.6) is 34.5 Å². The summed E-state index contributed by atoms with van der Waals surface area (Å²) in [6.45, 7) is 13.3. The van der Waals surface area contributed by atoms with Crippen molar-refractivity contribution in [2.24, 2.45) is 0 Å². The normalized spacial score (nSPS) is 15.1. The molecule has 3 amide bonds. The average Bonchev–Trinajstić information content (AvgIpc) is 1.63. The van der Waals surface area contributed by atoms with Gasteiger partial charge in [0, 0.05) is 106 Å². The Kier molecular flexibility index (Phi) is 28.5. The third-order valence-corrected chi connectivity index (χ3v) is 19.9. The highest BCUT2D eigenvalue weighted by Crippen LogP contribution is 2.44. The van der Waals surface area contributed by atoms with Gasteiger partial charge in [0.15, 0.2) is 0 Å². The number of hydrogen-bond acceptors (Lipinski definition) is 16. The number of halogens is 3. The molecule has 8 aromatic carbocycles. The lowest BCUT2D eigenvalue weighted by molar-refractivity contribution is 0.0544. The first-order chi connectivity index (χ1) is 54.1. The molecule has 0 aliphatic carbocycles. The SMILES string of the molecule is COCCOCCOc1ccc(C2c3[nH]c4ccc(Cl)cc4c3CCN2C(=O)OC(C)C)cc1.COCCOCCOc1ccc(C2c3[nH]c4ccc(Cl)cc4c3CCN2C(=O)Oc2ccc(C)cc2)cc1.COCCOCCOc1ccc(C2c3[nH]c4ccc(Cl)cc4c3CCN2C(=O)Oc2ccc(OC)cc2)cc1. The molecule has 0 saturated carbocycles. The Morgan fingerprint density at radius 2 is 0.676 bits per heavy atom. The molecule has 25 heteroatoms. The molecule has 3 aromatic heterocycles. The van der Waals surface area contributed by atoms with Crippen LogP contribution in [0.25, 0.3) is 32.7 Å². The van der Waals surface area contributed by atoms with Crippen LogP contribution >= 0.6 is 34.8 Å². The predicted molar refractivity (Wildman–Crippen MR) is 428 cm³/mol. The van der Waals surface area contributed by atoms with Crippen LogP contribution in [0.1, 0.15) is 88.0 Å². The van der Waals surface area contributed by atoms with Crippen molar-refractivity contribution in [3.05, 3.63) is 247 Å². The van der Waals surface area contributed by atoms with Gasteiger partial charge in [-0.2, -0.15) is 0 Å². The number of hydrogen-bond donors (Lipinski definition) is 3. The number of aromatic amines is 3. The minimum absolute atomic E-state index is 0.196. The molecule has 6 heterocycles. The highest BCUT2D eigenvalue weighted by Gasteiger charge is 2.39. The summed E-state index contributed by atoms with van der Waals surface area (Å²) in [5.41, 5.74) is 13.4. The van der Waals surface area contributed by atoms with Gasteiger partial charge in [-0.1, -0.05) is 88.9 Å². The molecule has 584 valence electrons. The number of nitrogens with one attached hydrogen (secondary N) is 3. The van der Waals surface area contributed by atoms with Gasteiger partial charge in [0.05, 0.1) is 72.7 Å². The molecule has 11 aromatic rings. The lowest BCUT2D eigenvalue weighted by Gasteiger charge is -2.36. The number of H-pyrrole nitrogens is 3. The van der Waals surface area contributed by atoms with E-state index in [1.54, 1.807) is 67.4 Å². The smallest absolute Gasteiger partial charge is 0.416 e. The highest BCUT2D eigenvalue weighted by atomic mass is 35.5. The van der Waals surface area contributed by atoms with Gasteiger partial charge in [0.25, 0.3) is 0 Å². The topological polar surface area (TPSA) is 228 Å². The number of benzene rings is 8. The van der Waals surface area contributed by atoms with E-state index in [9.17, 15) is 14.4 Å². The third-order valence-electron chi connectivity index (χ3n) is 19.2. The number of rotatable bonds is 28. The Hall–Kier alpha value is -9.98. The van der Waals surface area contributed by atoms with Gasteiger partial charge in [0.2, 0.25) is 0 Å². The van der Waals surface area contributed by atoms with E-state index in [0.717, 1.165) is 101 Å². The van der Waals surface area contributed by atoms with Crippen LogP contribution in [0.3, 0.4) is 0 Å². The minimum atomic E-state index is -0.430. The zero-order chi connectivity index (χ0) is 77.8. The van der Waals surface area contributed by atoms with Crippen molar-refractivity contribution in [3.63, 3.8) is 0 Å². The summed E-state index contributed by atoms with van der Waals surface area (Å²) in [5, 5.41) is 5.30. The van der Waals surface area contributed by atoms with Crippen LogP contribution in [0, 0.1) is 6.92 Å². The molecule has 0 fully saturated rings. The van der Waals surface area contributed by atoms with E-state index in [-0.39, 0.29) is 30.3 Å². The summed E-state index contributed by atoms with van der Waals surface area (Å²) in [5.74, 6) is 3.86. The van der Waals surface area contributed by atoms with E-state index < -0.39 is 12.2 Å². The van der Waals surface area contributed by atoms with E-state index in [4.69, 9.17) is 96.4 Å². The monoisotopic (exact) mass is 1570 g/mol. The molecule has 0 radical (unpaired) electrons. The molecule has 0 saturated heterocycles. The molecule has 3 N–H and O–H groups in total. The van der Waals surface area contributed by atoms with Crippen molar-refractivity contribution in [2.75, 3.05) is 127 Å². The molecular formula is C86H93Cl3N6O16. The van der Waals surface area contributed by atoms with E-state index in [1.807, 2.05) is 172 Å². The fourth-order valence-electron chi connectivity index (χ4n) is 13.9. The Morgan fingerprint density at radius 3 is 0.991 bits per heavy atom. The number of fused-ring (bicyclic) bond motifs is 9. The van der Waals surface area contributed by atoms with Crippen molar-refractivity contribution < 1.29 is 76.0 Å². The van der Waals surface area contributed by atoms with Crippen LogP contribution < -0.4 is 28.4 Å². The van der Waals surface area contributed by atoms with E-state index >= 15 is 0 Å². The molecule has 3 atom stereocenters. The molecule has 0 spiro atoms. The van der Waals surface area contributed by atoms with Crippen molar-refractivity contribution in [3.8, 4) is 34.5 Å². The van der Waals surface area contributed by atoms with Gasteiger partial charge in [-0.05, 0) is 201 Å². The molecular weight excluding hydrogens is 1480 g/mol. The molecule has 3 aliphatic rings. The van der Waals surface area contributed by atoms with E-state index in [0.29, 0.717) is 144 Å². The lowest BCUT2D eigenvalue weighted by Crippen LogP contribution is -2.42. The maximum absolute atomic E-state index is 13.5. The van der Waals surface area contributed by atoms with Gasteiger partial charge >= 0.3 is 18.3 Å². The van der Waals surface area contributed by atoms with Gasteiger partial charge in [-0.3, -0.25) is 14.7 Å². The molecule has 0 bridgehead atoms. The summed E-state index contributed by atoms with van der Waals surface area (Å²) in [6, 6.07) is 54.3. The number of nitrogens with zero attached hydrogens (tertiary/aromatic N) is 3. The summed E-state index contributed by atoms with van der Waals surface area (Å²) in [4.78, 5) is 55.9. The van der Waals surface area contributed by atoms with Gasteiger partial charge in [-0.15, -0.1) is 0 Å². The predicted octanol–water partition coefficient (Wildman–Crippen LogP) is 17.7. The second-order valence-corrected chi connectivity index (χ2v) is 28.2. The van der Waals surface area contributed by atoms with Crippen LogP contribution in [0.15, 0.2) is 176 Å². The first kappa shape index (κ1) is 80.5. The Balaban J connectivity index is 0.000000155. The minimum Gasteiger partial charge on any atom is -0.497 e. The first-order valence-corrected chi connectivity index (χ1v) is 38.1. The second kappa shape index (κ2) is 39.3. The van der Waals surface area contributed by atoms with Crippen molar-refractivity contribution in [1.29, 1.82) is 0 Å². The van der Waals surface area contributed by atoms with Crippen LogP contribution in [-0.4, -0.2) is 181 Å². The lowest BCUT2D eigenvalue weighted by atomic mass is 9.92. The number of carbonyl (C=O) groups excluding carboxylic acids is 3. The van der Waals surface area contributed by atoms with Crippen LogP contribution in [-0.2, 0) is 52.4 Å². The Bertz CT molecular complexity index is 4860. The van der Waals surface area contributed by atoms with Crippen LogP contribution in [0.4, 0.5) is 14.4 Å². The van der Waals surface area contributed by atoms with Crippen molar-refractivity contribution in [2.45, 2.75) is 64.3 Å². The number of ether oxygens (including phenoxy) is 13. The number of aryl methyl sites for hydroxylation is 1. The summed E-state index contributed by atoms with van der Waals surface area (Å²) in [6.07, 6.45) is 0.752.